The highest BCUT2D eigenvalue weighted by Crippen LogP contribution is 2.31. The van der Waals surface area contributed by atoms with Crippen LogP contribution in [-0.4, -0.2) is 15.9 Å². The van der Waals surface area contributed by atoms with Crippen LogP contribution in [0.1, 0.15) is 4.88 Å². The van der Waals surface area contributed by atoms with Crippen molar-refractivity contribution < 1.29 is 9.72 Å². The Morgan fingerprint density at radius 3 is 2.64 bits per heavy atom. The largest absolute Gasteiger partial charge is 0.332 e. The molecule has 0 aliphatic heterocycles. The molecule has 8 heteroatoms. The van der Waals surface area contributed by atoms with E-state index in [2.05, 4.69) is 10.3 Å². The number of benzene rings is 1. The van der Waals surface area contributed by atoms with Crippen molar-refractivity contribution in [3.63, 3.8) is 0 Å². The molecule has 0 aliphatic carbocycles. The third-order valence-corrected chi connectivity index (χ3v) is 4.26. The number of thiophene rings is 1. The molecular formula is C17H14N4O3S. The monoisotopic (exact) mass is 354 g/mol. The minimum Gasteiger partial charge on any atom is -0.332 e. The van der Waals surface area contributed by atoms with Gasteiger partial charge in [0.25, 0.3) is 0 Å². The van der Waals surface area contributed by atoms with Gasteiger partial charge in [0.15, 0.2) is 0 Å². The van der Waals surface area contributed by atoms with E-state index in [0.717, 1.165) is 4.88 Å². The van der Waals surface area contributed by atoms with E-state index in [4.69, 9.17) is 0 Å². The molecule has 0 unspecified atom stereocenters. The van der Waals surface area contributed by atoms with Crippen molar-refractivity contribution in [1.29, 1.82) is 0 Å². The zero-order valence-electron chi connectivity index (χ0n) is 13.0. The number of hydrogen-bond donors (Lipinski definition) is 1. The summed E-state index contributed by atoms with van der Waals surface area (Å²) >= 11 is 1.52. The number of nitrogens with one attached hydrogen (secondary N) is 1. The molecule has 25 heavy (non-hydrogen) atoms. The van der Waals surface area contributed by atoms with Gasteiger partial charge in [-0.2, -0.15) is 0 Å². The minimum absolute atomic E-state index is 0.0256. The summed E-state index contributed by atoms with van der Waals surface area (Å²) in [6.07, 6.45) is 1.42. The standard InChI is InChI=1S/C17H14N4O3S/c22-17(19-12-14-8-5-11-25-14)20(13-6-2-1-3-7-13)16-15(21(23)24)9-4-10-18-16/h1-11H,12H2,(H,19,22). The third-order valence-electron chi connectivity index (χ3n) is 3.39. The van der Waals surface area contributed by atoms with Gasteiger partial charge in [-0.3, -0.25) is 10.1 Å². The first-order chi connectivity index (χ1) is 12.2. The molecule has 0 fully saturated rings. The molecule has 0 radical (unpaired) electrons. The summed E-state index contributed by atoms with van der Waals surface area (Å²) in [5, 5.41) is 16.0. The first-order valence-electron chi connectivity index (χ1n) is 7.41. The highest BCUT2D eigenvalue weighted by atomic mass is 32.1. The summed E-state index contributed by atoms with van der Waals surface area (Å²) in [6.45, 7) is 0.334. The fraction of sp³-hybridized carbons (Fsp3) is 0.0588. The van der Waals surface area contributed by atoms with Crippen LogP contribution in [0.5, 0.6) is 0 Å². The summed E-state index contributed by atoms with van der Waals surface area (Å²) in [5.74, 6) is -0.0256. The van der Waals surface area contributed by atoms with Crippen molar-refractivity contribution >= 4 is 34.6 Å². The van der Waals surface area contributed by atoms with Crippen LogP contribution in [0.4, 0.5) is 22.0 Å². The topological polar surface area (TPSA) is 88.4 Å². The second-order valence-corrected chi connectivity index (χ2v) is 6.04. The third kappa shape index (κ3) is 3.81. The van der Waals surface area contributed by atoms with E-state index in [0.29, 0.717) is 12.2 Å². The van der Waals surface area contributed by atoms with E-state index in [9.17, 15) is 14.9 Å². The molecule has 2 heterocycles. The maximum Gasteiger partial charge on any atom is 0.328 e. The van der Waals surface area contributed by atoms with Crippen LogP contribution in [0, 0.1) is 10.1 Å². The van der Waals surface area contributed by atoms with Crippen molar-refractivity contribution in [2.45, 2.75) is 6.54 Å². The Morgan fingerprint density at radius 1 is 1.16 bits per heavy atom. The van der Waals surface area contributed by atoms with Gasteiger partial charge >= 0.3 is 11.7 Å². The fourth-order valence-electron chi connectivity index (χ4n) is 2.27. The number of aromatic nitrogens is 1. The molecule has 0 bridgehead atoms. The van der Waals surface area contributed by atoms with E-state index in [-0.39, 0.29) is 11.5 Å². The van der Waals surface area contributed by atoms with Crippen molar-refractivity contribution in [3.05, 3.63) is 81.2 Å². The van der Waals surface area contributed by atoms with Crippen LogP contribution in [-0.2, 0) is 6.54 Å². The van der Waals surface area contributed by atoms with Gasteiger partial charge in [0.2, 0.25) is 5.82 Å². The zero-order chi connectivity index (χ0) is 17.6. The number of pyridine rings is 1. The normalized spacial score (nSPS) is 10.2. The summed E-state index contributed by atoms with van der Waals surface area (Å²) < 4.78 is 0. The number of rotatable bonds is 5. The highest BCUT2D eigenvalue weighted by molar-refractivity contribution is 7.09. The predicted molar refractivity (Wildman–Crippen MR) is 96.0 cm³/mol. The Hall–Kier alpha value is -3.26. The van der Waals surface area contributed by atoms with Crippen LogP contribution in [0.15, 0.2) is 66.2 Å². The molecule has 1 aromatic carbocycles. The van der Waals surface area contributed by atoms with Gasteiger partial charge in [0.1, 0.15) is 0 Å². The molecule has 0 spiro atoms. The van der Waals surface area contributed by atoms with Crippen LogP contribution >= 0.6 is 11.3 Å². The molecule has 3 aromatic rings. The maximum absolute atomic E-state index is 12.8. The van der Waals surface area contributed by atoms with Gasteiger partial charge in [-0.25, -0.2) is 14.7 Å². The lowest BCUT2D eigenvalue weighted by atomic mass is 10.2. The van der Waals surface area contributed by atoms with Crippen molar-refractivity contribution in [2.24, 2.45) is 0 Å². The van der Waals surface area contributed by atoms with Crippen LogP contribution < -0.4 is 10.2 Å². The first kappa shape index (κ1) is 16.6. The Labute approximate surface area is 147 Å². The molecule has 2 amide bonds. The average molecular weight is 354 g/mol. The molecule has 1 N–H and O–H groups in total. The summed E-state index contributed by atoms with van der Waals surface area (Å²) in [5.41, 5.74) is 0.255. The molecule has 7 nitrogen and oxygen atoms in total. The Morgan fingerprint density at radius 2 is 1.96 bits per heavy atom. The minimum atomic E-state index is -0.551. The van der Waals surface area contributed by atoms with E-state index in [1.54, 1.807) is 30.3 Å². The Balaban J connectivity index is 1.96. The molecule has 0 aliphatic rings. The fourth-order valence-corrected chi connectivity index (χ4v) is 2.92. The summed E-state index contributed by atoms with van der Waals surface area (Å²) in [6, 6.07) is 14.8. The molecule has 0 atom stereocenters. The molecule has 2 aromatic heterocycles. The lowest BCUT2D eigenvalue weighted by Gasteiger charge is -2.21. The van der Waals surface area contributed by atoms with Crippen LogP contribution in [0.25, 0.3) is 0 Å². The quantitative estimate of drug-likeness (QED) is 0.552. The zero-order valence-corrected chi connectivity index (χ0v) is 13.8. The number of carbonyl (C=O) groups is 1. The van der Waals surface area contributed by atoms with E-state index >= 15 is 0 Å². The smallest absolute Gasteiger partial charge is 0.328 e. The number of carbonyl (C=O) groups excluding carboxylic acids is 1. The molecule has 0 saturated heterocycles. The molecule has 0 saturated carbocycles. The number of nitrogens with zero attached hydrogens (tertiary/aromatic N) is 3. The van der Waals surface area contributed by atoms with Crippen molar-refractivity contribution in [1.82, 2.24) is 10.3 Å². The molecule has 3 rings (SSSR count). The highest BCUT2D eigenvalue weighted by Gasteiger charge is 2.27. The van der Waals surface area contributed by atoms with Crippen molar-refractivity contribution in [3.8, 4) is 0 Å². The number of urea groups is 1. The van der Waals surface area contributed by atoms with E-state index < -0.39 is 11.0 Å². The Kier molecular flexibility index (Phi) is 5.00. The Bertz CT molecular complexity index is 869. The van der Waals surface area contributed by atoms with Gasteiger partial charge in [-0.05, 0) is 29.6 Å². The number of amides is 2. The van der Waals surface area contributed by atoms with Gasteiger partial charge < -0.3 is 5.32 Å². The summed E-state index contributed by atoms with van der Waals surface area (Å²) in [7, 11) is 0. The number of anilines is 2. The first-order valence-corrected chi connectivity index (χ1v) is 8.29. The summed E-state index contributed by atoms with van der Waals surface area (Å²) in [4.78, 5) is 29.8. The van der Waals surface area contributed by atoms with E-state index in [1.165, 1.54) is 34.6 Å². The van der Waals surface area contributed by atoms with E-state index in [1.807, 2.05) is 17.5 Å². The second-order valence-electron chi connectivity index (χ2n) is 5.01. The molecular weight excluding hydrogens is 340 g/mol. The average Bonchev–Trinajstić information content (AvgIpc) is 3.15. The maximum atomic E-state index is 12.8. The predicted octanol–water partition coefficient (Wildman–Crippen LogP) is 4.10. The number of nitro groups is 1. The van der Waals surface area contributed by atoms with Gasteiger partial charge in [0.05, 0.1) is 17.2 Å². The number of para-hydroxylation sites is 1. The van der Waals surface area contributed by atoms with Crippen molar-refractivity contribution in [2.75, 3.05) is 4.90 Å². The lowest BCUT2D eigenvalue weighted by molar-refractivity contribution is -0.384. The van der Waals surface area contributed by atoms with Crippen LogP contribution in [0.2, 0.25) is 0 Å². The molecule has 126 valence electrons. The lowest BCUT2D eigenvalue weighted by Crippen LogP contribution is -2.37. The number of hydrogen-bond acceptors (Lipinski definition) is 5. The van der Waals surface area contributed by atoms with Gasteiger partial charge in [-0.1, -0.05) is 24.3 Å². The SMILES string of the molecule is O=C(NCc1cccs1)N(c1ccccc1)c1ncccc1[N+](=O)[O-]. The second kappa shape index (κ2) is 7.54. The van der Waals surface area contributed by atoms with Gasteiger partial charge in [0, 0.05) is 17.1 Å². The van der Waals surface area contributed by atoms with Crippen LogP contribution in [0.3, 0.4) is 0 Å². The van der Waals surface area contributed by atoms with Gasteiger partial charge in [-0.15, -0.1) is 11.3 Å².